The van der Waals surface area contributed by atoms with Crippen LogP contribution in [0, 0.1) is 0 Å². The molecule has 3 aromatic rings. The lowest BCUT2D eigenvalue weighted by Gasteiger charge is -2.08. The average molecular weight is 310 g/mol. The second kappa shape index (κ2) is 6.31. The second-order valence-corrected chi connectivity index (χ2v) is 4.82. The van der Waals surface area contributed by atoms with E-state index in [9.17, 15) is 9.59 Å². The van der Waals surface area contributed by atoms with Crippen LogP contribution < -0.4 is 10.3 Å². The lowest BCUT2D eigenvalue weighted by Crippen LogP contribution is -2.26. The molecular weight excluding hydrogens is 296 g/mol. The molecule has 0 aliphatic carbocycles. The van der Waals surface area contributed by atoms with E-state index in [0.29, 0.717) is 17.7 Å². The zero-order chi connectivity index (χ0) is 16.2. The summed E-state index contributed by atoms with van der Waals surface area (Å²) in [7, 11) is 1.23. The standard InChI is InChI=1S/C17H14N2O4/c1-22-17(21)19-9-7-12-5-6-14(10-15(12)16(19)20)23-11-13-4-2-3-8-18-13/h2-10H,11H2,1H3. The van der Waals surface area contributed by atoms with Crippen molar-refractivity contribution in [1.82, 2.24) is 9.55 Å². The average Bonchev–Trinajstić information content (AvgIpc) is 2.61. The van der Waals surface area contributed by atoms with E-state index in [1.54, 1.807) is 30.5 Å². The van der Waals surface area contributed by atoms with Gasteiger partial charge in [-0.15, -0.1) is 0 Å². The Balaban J connectivity index is 1.92. The maximum atomic E-state index is 12.3. The first-order valence-corrected chi connectivity index (χ1v) is 6.95. The molecule has 2 aromatic heterocycles. The largest absolute Gasteiger partial charge is 0.487 e. The molecule has 0 saturated carbocycles. The molecule has 0 aliphatic rings. The molecule has 2 heterocycles. The van der Waals surface area contributed by atoms with Gasteiger partial charge in [0.1, 0.15) is 12.4 Å². The Bertz CT molecular complexity index is 903. The molecule has 0 saturated heterocycles. The topological polar surface area (TPSA) is 70.4 Å². The summed E-state index contributed by atoms with van der Waals surface area (Å²) < 4.78 is 11.2. The van der Waals surface area contributed by atoms with E-state index in [1.165, 1.54) is 13.3 Å². The fraction of sp³-hybridized carbons (Fsp3) is 0.118. The number of methoxy groups -OCH3 is 1. The van der Waals surface area contributed by atoms with Crippen molar-refractivity contribution in [3.05, 3.63) is 70.9 Å². The van der Waals surface area contributed by atoms with Crippen molar-refractivity contribution in [3.63, 3.8) is 0 Å². The summed E-state index contributed by atoms with van der Waals surface area (Å²) in [6.45, 7) is 0.296. The van der Waals surface area contributed by atoms with Crippen LogP contribution in [0.5, 0.6) is 5.75 Å². The number of rotatable bonds is 3. The number of hydrogen-bond donors (Lipinski definition) is 0. The third-order valence-electron chi connectivity index (χ3n) is 3.36. The van der Waals surface area contributed by atoms with Crippen LogP contribution in [0.3, 0.4) is 0 Å². The van der Waals surface area contributed by atoms with E-state index in [-0.39, 0.29) is 0 Å². The molecule has 116 valence electrons. The van der Waals surface area contributed by atoms with Crippen molar-refractivity contribution in [1.29, 1.82) is 0 Å². The Morgan fingerprint density at radius 3 is 2.83 bits per heavy atom. The van der Waals surface area contributed by atoms with Gasteiger partial charge in [0.05, 0.1) is 18.2 Å². The normalized spacial score (nSPS) is 10.5. The monoisotopic (exact) mass is 310 g/mol. The number of carbonyl (C=O) groups excluding carboxylic acids is 1. The van der Waals surface area contributed by atoms with Crippen LogP contribution in [-0.2, 0) is 11.3 Å². The van der Waals surface area contributed by atoms with Crippen molar-refractivity contribution >= 4 is 16.9 Å². The lowest BCUT2D eigenvalue weighted by atomic mass is 10.1. The minimum Gasteiger partial charge on any atom is -0.487 e. The summed E-state index contributed by atoms with van der Waals surface area (Å²) in [5.74, 6) is 0.530. The van der Waals surface area contributed by atoms with Crippen LogP contribution in [0.4, 0.5) is 4.79 Å². The van der Waals surface area contributed by atoms with E-state index in [2.05, 4.69) is 9.72 Å². The van der Waals surface area contributed by atoms with Gasteiger partial charge in [-0.25, -0.2) is 9.36 Å². The minimum atomic E-state index is -0.725. The Morgan fingerprint density at radius 1 is 1.22 bits per heavy atom. The number of nitrogens with zero attached hydrogens (tertiary/aromatic N) is 2. The van der Waals surface area contributed by atoms with E-state index in [4.69, 9.17) is 4.74 Å². The van der Waals surface area contributed by atoms with E-state index >= 15 is 0 Å². The third-order valence-corrected chi connectivity index (χ3v) is 3.36. The van der Waals surface area contributed by atoms with Crippen molar-refractivity contribution in [2.75, 3.05) is 7.11 Å². The maximum absolute atomic E-state index is 12.3. The highest BCUT2D eigenvalue weighted by atomic mass is 16.5. The molecule has 6 heteroatoms. The number of carbonyl (C=O) groups is 1. The predicted octanol–water partition coefficient (Wildman–Crippen LogP) is 2.59. The molecule has 1 aromatic carbocycles. The molecule has 0 spiro atoms. The molecule has 0 atom stereocenters. The molecule has 6 nitrogen and oxygen atoms in total. The Labute approximate surface area is 131 Å². The highest BCUT2D eigenvalue weighted by Crippen LogP contribution is 2.19. The summed E-state index contributed by atoms with van der Waals surface area (Å²) in [4.78, 5) is 28.1. The first kappa shape index (κ1) is 14.8. The van der Waals surface area contributed by atoms with Gasteiger partial charge in [-0.3, -0.25) is 9.78 Å². The fourth-order valence-corrected chi connectivity index (χ4v) is 2.19. The highest BCUT2D eigenvalue weighted by molar-refractivity contribution is 5.85. The maximum Gasteiger partial charge on any atom is 0.420 e. The number of aromatic nitrogens is 2. The van der Waals surface area contributed by atoms with Crippen LogP contribution >= 0.6 is 0 Å². The van der Waals surface area contributed by atoms with Gasteiger partial charge in [0.15, 0.2) is 0 Å². The molecule has 23 heavy (non-hydrogen) atoms. The summed E-state index contributed by atoms with van der Waals surface area (Å²) in [5, 5.41) is 1.11. The third kappa shape index (κ3) is 3.06. The number of ether oxygens (including phenoxy) is 2. The van der Waals surface area contributed by atoms with Crippen LogP contribution in [-0.4, -0.2) is 22.8 Å². The van der Waals surface area contributed by atoms with Crippen molar-refractivity contribution in [2.24, 2.45) is 0 Å². The molecule has 0 amide bonds. The van der Waals surface area contributed by atoms with Gasteiger partial charge in [-0.2, -0.15) is 0 Å². The van der Waals surface area contributed by atoms with Gasteiger partial charge in [-0.1, -0.05) is 12.1 Å². The molecule has 0 aliphatic heterocycles. The summed E-state index contributed by atoms with van der Waals surface area (Å²) in [5.41, 5.74) is 0.338. The highest BCUT2D eigenvalue weighted by Gasteiger charge is 2.10. The van der Waals surface area contributed by atoms with E-state index in [1.807, 2.05) is 18.2 Å². The number of benzene rings is 1. The Hall–Kier alpha value is -3.15. The van der Waals surface area contributed by atoms with Crippen molar-refractivity contribution in [3.8, 4) is 5.75 Å². The first-order valence-electron chi connectivity index (χ1n) is 6.95. The summed E-state index contributed by atoms with van der Waals surface area (Å²) >= 11 is 0. The number of hydrogen-bond acceptors (Lipinski definition) is 5. The SMILES string of the molecule is COC(=O)n1ccc2ccc(OCc3ccccn3)cc2c1=O. The molecule has 0 fully saturated rings. The van der Waals surface area contributed by atoms with E-state index in [0.717, 1.165) is 15.6 Å². The van der Waals surface area contributed by atoms with Gasteiger partial charge in [0.2, 0.25) is 0 Å². The predicted molar refractivity (Wildman–Crippen MR) is 84.6 cm³/mol. The van der Waals surface area contributed by atoms with Gasteiger partial charge >= 0.3 is 6.09 Å². The Morgan fingerprint density at radius 2 is 2.09 bits per heavy atom. The smallest absolute Gasteiger partial charge is 0.420 e. The molecule has 0 bridgehead atoms. The van der Waals surface area contributed by atoms with Gasteiger partial charge < -0.3 is 9.47 Å². The van der Waals surface area contributed by atoms with Crippen LogP contribution in [0.25, 0.3) is 10.8 Å². The molecule has 3 rings (SSSR count). The molecule has 0 unspecified atom stereocenters. The summed E-state index contributed by atoms with van der Waals surface area (Å²) in [6, 6.07) is 12.4. The lowest BCUT2D eigenvalue weighted by molar-refractivity contribution is 0.172. The molecule has 0 radical (unpaired) electrons. The summed E-state index contributed by atoms with van der Waals surface area (Å²) in [6.07, 6.45) is 2.36. The van der Waals surface area contributed by atoms with E-state index < -0.39 is 11.7 Å². The molecular formula is C17H14N2O4. The van der Waals surface area contributed by atoms with Gasteiger partial charge in [0.25, 0.3) is 5.56 Å². The van der Waals surface area contributed by atoms with Crippen LogP contribution in [0.2, 0.25) is 0 Å². The van der Waals surface area contributed by atoms with Crippen molar-refractivity contribution in [2.45, 2.75) is 6.61 Å². The zero-order valence-electron chi connectivity index (χ0n) is 12.4. The zero-order valence-corrected chi connectivity index (χ0v) is 12.4. The second-order valence-electron chi connectivity index (χ2n) is 4.82. The minimum absolute atomic E-state index is 0.296. The Kier molecular flexibility index (Phi) is 4.05. The van der Waals surface area contributed by atoms with Crippen molar-refractivity contribution < 1.29 is 14.3 Å². The van der Waals surface area contributed by atoms with Crippen LogP contribution in [0.15, 0.2) is 59.7 Å². The number of pyridine rings is 2. The molecule has 0 N–H and O–H groups in total. The van der Waals surface area contributed by atoms with Gasteiger partial charge in [0, 0.05) is 12.4 Å². The van der Waals surface area contributed by atoms with Gasteiger partial charge in [-0.05, 0) is 35.7 Å². The van der Waals surface area contributed by atoms with Crippen LogP contribution in [0.1, 0.15) is 5.69 Å². The first-order chi connectivity index (χ1) is 11.2. The number of fused-ring (bicyclic) bond motifs is 1. The fourth-order valence-electron chi connectivity index (χ4n) is 2.19. The quantitative estimate of drug-likeness (QED) is 0.743.